The third-order valence-electron chi connectivity index (χ3n) is 1.66. The molecular weight excluding hydrogens is 120 g/mol. The summed E-state index contributed by atoms with van der Waals surface area (Å²) in [6.07, 6.45) is 0. The molecule has 2 atom stereocenters. The minimum Gasteiger partial charge on any atom is -0.377 e. The third-order valence-corrected chi connectivity index (χ3v) is 1.66. The molecule has 4 N–H and O–H groups in total. The summed E-state index contributed by atoms with van der Waals surface area (Å²) >= 11 is 0. The van der Waals surface area contributed by atoms with Crippen LogP contribution in [0.3, 0.4) is 0 Å². The van der Waals surface area contributed by atoms with E-state index in [-0.39, 0.29) is 12.5 Å². The lowest BCUT2D eigenvalue weighted by molar-refractivity contribution is -0.154. The van der Waals surface area contributed by atoms with Crippen LogP contribution < -0.4 is 11.1 Å². The van der Waals surface area contributed by atoms with E-state index in [0.717, 1.165) is 0 Å². The lowest BCUT2D eigenvalue weighted by atomic mass is 9.89. The average molecular weight is 130 g/mol. The number of carbonyl (C=O) groups excluding carboxylic acids is 1. The molecule has 52 valence electrons. The monoisotopic (exact) mass is 130 g/mol. The number of nitrogens with one attached hydrogen (secondary N) is 1. The molecule has 1 saturated heterocycles. The molecular formula is C5H10N2O2. The Kier molecular flexibility index (Phi) is 1.22. The topological polar surface area (TPSA) is 75.3 Å². The predicted molar refractivity (Wildman–Crippen MR) is 31.6 cm³/mol. The molecule has 1 rings (SSSR count). The lowest BCUT2D eigenvalue weighted by Gasteiger charge is -2.38. The Balaban J connectivity index is 2.64. The highest BCUT2D eigenvalue weighted by atomic mass is 16.3. The van der Waals surface area contributed by atoms with Crippen molar-refractivity contribution in [3.8, 4) is 0 Å². The van der Waals surface area contributed by atoms with Gasteiger partial charge in [0.2, 0.25) is 0 Å². The van der Waals surface area contributed by atoms with E-state index in [1.54, 1.807) is 6.92 Å². The highest BCUT2D eigenvalue weighted by Crippen LogP contribution is 2.14. The van der Waals surface area contributed by atoms with Gasteiger partial charge in [0.1, 0.15) is 0 Å². The fourth-order valence-corrected chi connectivity index (χ4v) is 0.709. The first kappa shape index (κ1) is 6.51. The molecule has 1 fully saturated rings. The van der Waals surface area contributed by atoms with E-state index >= 15 is 0 Å². The summed E-state index contributed by atoms with van der Waals surface area (Å²) in [5.41, 5.74) is 4.02. The van der Waals surface area contributed by atoms with Crippen LogP contribution in [0.4, 0.5) is 0 Å². The molecule has 0 aromatic heterocycles. The Morgan fingerprint density at radius 1 is 2.00 bits per heavy atom. The van der Waals surface area contributed by atoms with Crippen molar-refractivity contribution >= 4 is 5.91 Å². The maximum Gasteiger partial charge on any atom is 0.255 e. The third kappa shape index (κ3) is 0.710. The van der Waals surface area contributed by atoms with Gasteiger partial charge in [-0.3, -0.25) is 4.79 Å². The molecule has 0 bridgehead atoms. The van der Waals surface area contributed by atoms with Crippen LogP contribution in [0.2, 0.25) is 0 Å². The molecule has 1 aliphatic heterocycles. The molecule has 0 aromatic rings. The summed E-state index contributed by atoms with van der Waals surface area (Å²) in [5, 5.41) is 11.6. The van der Waals surface area contributed by atoms with Crippen molar-refractivity contribution in [2.24, 2.45) is 5.73 Å². The zero-order chi connectivity index (χ0) is 7.07. The number of hydrogen-bond acceptors (Lipinski definition) is 3. The van der Waals surface area contributed by atoms with Crippen LogP contribution in [-0.4, -0.2) is 29.2 Å². The second-order valence-electron chi connectivity index (χ2n) is 2.40. The number of carbonyl (C=O) groups is 1. The van der Waals surface area contributed by atoms with Gasteiger partial charge in [0, 0.05) is 6.04 Å². The first-order chi connectivity index (χ1) is 4.07. The van der Waals surface area contributed by atoms with E-state index in [9.17, 15) is 9.90 Å². The van der Waals surface area contributed by atoms with Gasteiger partial charge in [-0.05, 0) is 6.92 Å². The Morgan fingerprint density at radius 3 is 2.56 bits per heavy atom. The lowest BCUT2D eigenvalue weighted by Crippen LogP contribution is -2.71. The van der Waals surface area contributed by atoms with Crippen LogP contribution in [-0.2, 0) is 4.79 Å². The predicted octanol–water partition coefficient (Wildman–Crippen LogP) is -1.81. The Hall–Kier alpha value is -0.610. The smallest absolute Gasteiger partial charge is 0.255 e. The van der Waals surface area contributed by atoms with E-state index in [1.807, 2.05) is 0 Å². The second kappa shape index (κ2) is 1.68. The first-order valence-electron chi connectivity index (χ1n) is 2.83. The van der Waals surface area contributed by atoms with Crippen LogP contribution in [0.25, 0.3) is 0 Å². The molecule has 0 radical (unpaired) electrons. The number of β-lactam (4-membered cyclic amide) rings is 1. The molecule has 0 aliphatic carbocycles. The van der Waals surface area contributed by atoms with E-state index in [1.165, 1.54) is 0 Å². The fourth-order valence-electron chi connectivity index (χ4n) is 0.709. The van der Waals surface area contributed by atoms with Gasteiger partial charge in [-0.2, -0.15) is 0 Å². The molecule has 1 amide bonds. The number of aliphatic hydroxyl groups is 1. The molecule has 4 nitrogen and oxygen atoms in total. The van der Waals surface area contributed by atoms with Gasteiger partial charge in [-0.1, -0.05) is 0 Å². The summed E-state index contributed by atoms with van der Waals surface area (Å²) in [7, 11) is 0. The van der Waals surface area contributed by atoms with Gasteiger partial charge in [-0.15, -0.1) is 0 Å². The van der Waals surface area contributed by atoms with Crippen LogP contribution in [0, 0.1) is 0 Å². The van der Waals surface area contributed by atoms with Crippen molar-refractivity contribution in [1.29, 1.82) is 0 Å². The van der Waals surface area contributed by atoms with Crippen LogP contribution in [0.15, 0.2) is 0 Å². The number of β-amino-alcohol motifs (C(OH)–C–C–N with tert-alkyl or cyclic N) is 1. The number of amides is 1. The first-order valence-corrected chi connectivity index (χ1v) is 2.83. The standard InChI is InChI=1S/C5H10N2O2/c1-3(6)5(9)2-7-4(5)8/h3,9H,2,6H2,1H3,(H,7,8)/t3-,5+/m1/s1. The number of nitrogens with two attached hydrogens (primary N) is 1. The minimum absolute atomic E-state index is 0.281. The maximum atomic E-state index is 10.6. The molecule has 4 heteroatoms. The van der Waals surface area contributed by atoms with Gasteiger partial charge < -0.3 is 16.2 Å². The van der Waals surface area contributed by atoms with E-state index in [0.29, 0.717) is 0 Å². The van der Waals surface area contributed by atoms with E-state index < -0.39 is 11.6 Å². The molecule has 0 aromatic carbocycles. The van der Waals surface area contributed by atoms with Gasteiger partial charge in [0.25, 0.3) is 5.91 Å². The fraction of sp³-hybridized carbons (Fsp3) is 0.800. The molecule has 1 aliphatic rings. The largest absolute Gasteiger partial charge is 0.377 e. The summed E-state index contributed by atoms with van der Waals surface area (Å²) < 4.78 is 0. The van der Waals surface area contributed by atoms with Crippen LogP contribution in [0.1, 0.15) is 6.92 Å². The van der Waals surface area contributed by atoms with Crippen molar-refractivity contribution < 1.29 is 9.90 Å². The maximum absolute atomic E-state index is 10.6. The summed E-state index contributed by atoms with van der Waals surface area (Å²) in [6.45, 7) is 1.89. The van der Waals surface area contributed by atoms with Crippen molar-refractivity contribution in [3.63, 3.8) is 0 Å². The molecule has 1 heterocycles. The Bertz CT molecular complexity index is 146. The zero-order valence-corrected chi connectivity index (χ0v) is 5.22. The van der Waals surface area contributed by atoms with Crippen molar-refractivity contribution in [1.82, 2.24) is 5.32 Å². The molecule has 0 spiro atoms. The number of hydrogen-bond donors (Lipinski definition) is 3. The van der Waals surface area contributed by atoms with Gasteiger partial charge >= 0.3 is 0 Å². The highest BCUT2D eigenvalue weighted by molar-refractivity contribution is 5.91. The average Bonchev–Trinajstić information content (AvgIpc) is 1.82. The quantitative estimate of drug-likeness (QED) is 0.366. The van der Waals surface area contributed by atoms with E-state index in [4.69, 9.17) is 5.73 Å². The van der Waals surface area contributed by atoms with Crippen LogP contribution in [0.5, 0.6) is 0 Å². The van der Waals surface area contributed by atoms with E-state index in [2.05, 4.69) is 5.32 Å². The van der Waals surface area contributed by atoms with Crippen molar-refractivity contribution in [2.75, 3.05) is 6.54 Å². The van der Waals surface area contributed by atoms with Crippen LogP contribution >= 0.6 is 0 Å². The van der Waals surface area contributed by atoms with Crippen molar-refractivity contribution in [3.05, 3.63) is 0 Å². The molecule has 9 heavy (non-hydrogen) atoms. The van der Waals surface area contributed by atoms with Crippen molar-refractivity contribution in [2.45, 2.75) is 18.6 Å². The normalized spacial score (nSPS) is 37.0. The summed E-state index contributed by atoms with van der Waals surface area (Å²) in [5.74, 6) is -0.363. The summed E-state index contributed by atoms with van der Waals surface area (Å²) in [6, 6.07) is -0.480. The Morgan fingerprint density at radius 2 is 2.56 bits per heavy atom. The SMILES string of the molecule is C[C@@H](N)[C@@]1(O)CNC1=O. The molecule has 0 unspecified atom stereocenters. The van der Waals surface area contributed by atoms with Gasteiger partial charge in [-0.25, -0.2) is 0 Å². The minimum atomic E-state index is -1.29. The zero-order valence-electron chi connectivity index (χ0n) is 5.22. The molecule has 0 saturated carbocycles. The van der Waals surface area contributed by atoms with Gasteiger partial charge in [0.05, 0.1) is 6.54 Å². The second-order valence-corrected chi connectivity index (χ2v) is 2.40. The summed E-state index contributed by atoms with van der Waals surface area (Å²) in [4.78, 5) is 10.6. The number of rotatable bonds is 1. The Labute approximate surface area is 53.0 Å². The highest BCUT2D eigenvalue weighted by Gasteiger charge is 2.47. The van der Waals surface area contributed by atoms with Gasteiger partial charge in [0.15, 0.2) is 5.60 Å².